The Morgan fingerprint density at radius 3 is 2.83 bits per heavy atom. The number of nitrogens with zero attached hydrogens (tertiary/aromatic N) is 4. The van der Waals surface area contributed by atoms with Gasteiger partial charge >= 0.3 is 0 Å². The Labute approximate surface area is 110 Å². The van der Waals surface area contributed by atoms with E-state index in [9.17, 15) is 0 Å². The molecule has 6 heteroatoms. The van der Waals surface area contributed by atoms with E-state index in [1.807, 2.05) is 18.7 Å². The lowest BCUT2D eigenvalue weighted by molar-refractivity contribution is 0.181. The molecule has 2 N–H and O–H groups in total. The number of rotatable bonds is 3. The summed E-state index contributed by atoms with van der Waals surface area (Å²) in [7, 11) is 0. The molecule has 0 bridgehead atoms. The molecule has 0 spiro atoms. The van der Waals surface area contributed by atoms with Gasteiger partial charge in [0.25, 0.3) is 0 Å². The maximum Gasteiger partial charge on any atom is 0.180 e. The Morgan fingerprint density at radius 2 is 2.22 bits per heavy atom. The van der Waals surface area contributed by atoms with Crippen LogP contribution in [0.5, 0.6) is 0 Å². The number of piperidine rings is 1. The summed E-state index contributed by atoms with van der Waals surface area (Å²) < 4.78 is 2.22. The Bertz CT molecular complexity index is 484. The van der Waals surface area contributed by atoms with Gasteiger partial charge in [-0.1, -0.05) is 0 Å². The monoisotopic (exact) mass is 263 g/mol. The van der Waals surface area contributed by atoms with Crippen molar-refractivity contribution in [2.24, 2.45) is 0 Å². The lowest BCUT2D eigenvalue weighted by Gasteiger charge is -2.32. The average Bonchev–Trinajstić information content (AvgIpc) is 3.02. The van der Waals surface area contributed by atoms with Crippen LogP contribution in [0.2, 0.25) is 0 Å². The van der Waals surface area contributed by atoms with Crippen LogP contribution in [0.4, 0.5) is 5.13 Å². The summed E-state index contributed by atoms with van der Waals surface area (Å²) in [5, 5.41) is 0.665. The molecule has 1 saturated heterocycles. The number of imidazole rings is 1. The van der Waals surface area contributed by atoms with Crippen LogP contribution in [0.15, 0.2) is 24.9 Å². The molecule has 1 aliphatic rings. The summed E-state index contributed by atoms with van der Waals surface area (Å²) in [6.45, 7) is 3.23. The zero-order valence-electron chi connectivity index (χ0n) is 10.2. The standard InChI is InChI=1S/C12H17N5S/c13-12-15-7-11(18-12)8-16-4-1-10(2-5-16)17-6-3-14-9-17/h3,6-7,9-10H,1-2,4-5,8H2,(H2,13,15). The fraction of sp³-hybridized carbons (Fsp3) is 0.500. The number of nitrogen functional groups attached to an aromatic ring is 1. The number of hydrogen-bond donors (Lipinski definition) is 1. The van der Waals surface area contributed by atoms with E-state index in [0.717, 1.165) is 19.6 Å². The molecule has 0 unspecified atom stereocenters. The Hall–Kier alpha value is -1.40. The highest BCUT2D eigenvalue weighted by atomic mass is 32.1. The summed E-state index contributed by atoms with van der Waals surface area (Å²) >= 11 is 1.59. The summed E-state index contributed by atoms with van der Waals surface area (Å²) in [6, 6.07) is 0.607. The van der Waals surface area contributed by atoms with Gasteiger partial charge in [-0.15, -0.1) is 11.3 Å². The van der Waals surface area contributed by atoms with Gasteiger partial charge in [0.1, 0.15) is 0 Å². The van der Waals surface area contributed by atoms with Crippen LogP contribution in [0, 0.1) is 0 Å². The van der Waals surface area contributed by atoms with Crippen molar-refractivity contribution in [1.82, 2.24) is 19.4 Å². The molecule has 2 aromatic rings. The van der Waals surface area contributed by atoms with E-state index in [2.05, 4.69) is 25.6 Å². The van der Waals surface area contributed by atoms with Crippen LogP contribution in [0.1, 0.15) is 23.8 Å². The fourth-order valence-electron chi connectivity index (χ4n) is 2.48. The van der Waals surface area contributed by atoms with E-state index in [1.54, 1.807) is 11.3 Å². The molecule has 0 saturated carbocycles. The Balaban J connectivity index is 1.54. The molecule has 3 rings (SSSR count). The van der Waals surface area contributed by atoms with Crippen molar-refractivity contribution in [2.45, 2.75) is 25.4 Å². The molecule has 1 aliphatic heterocycles. The van der Waals surface area contributed by atoms with Gasteiger partial charge in [-0.25, -0.2) is 9.97 Å². The summed E-state index contributed by atoms with van der Waals surface area (Å²) in [6.07, 6.45) is 10.1. The van der Waals surface area contributed by atoms with Crippen molar-refractivity contribution in [2.75, 3.05) is 18.8 Å². The molecule has 0 radical (unpaired) electrons. The van der Waals surface area contributed by atoms with Gasteiger partial charge in [0.15, 0.2) is 5.13 Å². The number of hydrogen-bond acceptors (Lipinski definition) is 5. The third-order valence-electron chi connectivity index (χ3n) is 3.45. The third-order valence-corrected chi connectivity index (χ3v) is 4.27. The zero-order chi connectivity index (χ0) is 12.4. The van der Waals surface area contributed by atoms with Gasteiger partial charge in [0, 0.05) is 49.1 Å². The fourth-order valence-corrected chi connectivity index (χ4v) is 3.20. The van der Waals surface area contributed by atoms with Gasteiger partial charge < -0.3 is 10.3 Å². The van der Waals surface area contributed by atoms with Crippen molar-refractivity contribution < 1.29 is 0 Å². The van der Waals surface area contributed by atoms with Crippen LogP contribution >= 0.6 is 11.3 Å². The van der Waals surface area contributed by atoms with E-state index in [0.29, 0.717) is 11.2 Å². The SMILES string of the molecule is Nc1ncc(CN2CCC(n3ccnc3)CC2)s1. The quantitative estimate of drug-likeness (QED) is 0.916. The van der Waals surface area contributed by atoms with Gasteiger partial charge in [-0.2, -0.15) is 0 Å². The van der Waals surface area contributed by atoms with Crippen molar-refractivity contribution in [1.29, 1.82) is 0 Å². The van der Waals surface area contributed by atoms with Crippen LogP contribution in [0.25, 0.3) is 0 Å². The maximum absolute atomic E-state index is 5.65. The first kappa shape index (κ1) is 11.7. The van der Waals surface area contributed by atoms with E-state index in [-0.39, 0.29) is 0 Å². The van der Waals surface area contributed by atoms with E-state index < -0.39 is 0 Å². The second-order valence-electron chi connectivity index (χ2n) is 4.68. The molecule has 96 valence electrons. The highest BCUT2D eigenvalue weighted by molar-refractivity contribution is 7.15. The first-order valence-electron chi connectivity index (χ1n) is 6.21. The molecule has 0 atom stereocenters. The average molecular weight is 263 g/mol. The minimum atomic E-state index is 0.607. The Kier molecular flexibility index (Phi) is 3.29. The molecule has 3 heterocycles. The smallest absolute Gasteiger partial charge is 0.180 e. The van der Waals surface area contributed by atoms with Gasteiger partial charge in [0.2, 0.25) is 0 Å². The topological polar surface area (TPSA) is 60.0 Å². The van der Waals surface area contributed by atoms with E-state index in [1.165, 1.54) is 17.7 Å². The van der Waals surface area contributed by atoms with Crippen LogP contribution in [0.3, 0.4) is 0 Å². The first-order chi connectivity index (χ1) is 8.81. The van der Waals surface area contributed by atoms with E-state index in [4.69, 9.17) is 5.73 Å². The molecule has 1 fully saturated rings. The highest BCUT2D eigenvalue weighted by Crippen LogP contribution is 2.24. The molecule has 0 aromatic carbocycles. The Morgan fingerprint density at radius 1 is 1.39 bits per heavy atom. The number of anilines is 1. The number of aromatic nitrogens is 3. The van der Waals surface area contributed by atoms with Gasteiger partial charge in [-0.05, 0) is 12.8 Å². The molecule has 0 amide bonds. The van der Waals surface area contributed by atoms with Crippen molar-refractivity contribution >= 4 is 16.5 Å². The van der Waals surface area contributed by atoms with Gasteiger partial charge in [-0.3, -0.25) is 4.90 Å². The molecular weight excluding hydrogens is 246 g/mol. The van der Waals surface area contributed by atoms with Crippen LogP contribution in [-0.2, 0) is 6.54 Å². The van der Waals surface area contributed by atoms with Crippen LogP contribution < -0.4 is 5.73 Å². The first-order valence-corrected chi connectivity index (χ1v) is 7.03. The largest absolute Gasteiger partial charge is 0.375 e. The summed E-state index contributed by atoms with van der Waals surface area (Å²) in [4.78, 5) is 11.9. The molecule has 18 heavy (non-hydrogen) atoms. The molecule has 0 aliphatic carbocycles. The van der Waals surface area contributed by atoms with Crippen molar-refractivity contribution in [3.63, 3.8) is 0 Å². The van der Waals surface area contributed by atoms with Gasteiger partial charge in [0.05, 0.1) is 6.33 Å². The summed E-state index contributed by atoms with van der Waals surface area (Å²) in [5.41, 5.74) is 5.65. The normalized spacial score (nSPS) is 18.2. The number of thiazole rings is 1. The maximum atomic E-state index is 5.65. The third kappa shape index (κ3) is 2.54. The molecule has 5 nitrogen and oxygen atoms in total. The molecular formula is C12H17N5S. The second-order valence-corrected chi connectivity index (χ2v) is 5.83. The van der Waals surface area contributed by atoms with Crippen molar-refractivity contribution in [3.05, 3.63) is 29.8 Å². The second kappa shape index (κ2) is 5.07. The number of nitrogens with two attached hydrogens (primary N) is 1. The lowest BCUT2D eigenvalue weighted by Crippen LogP contribution is -2.33. The van der Waals surface area contributed by atoms with Crippen LogP contribution in [-0.4, -0.2) is 32.5 Å². The summed E-state index contributed by atoms with van der Waals surface area (Å²) in [5.74, 6) is 0. The minimum Gasteiger partial charge on any atom is -0.375 e. The zero-order valence-corrected chi connectivity index (χ0v) is 11.0. The minimum absolute atomic E-state index is 0.607. The predicted octanol–water partition coefficient (Wildman–Crippen LogP) is 1.76. The highest BCUT2D eigenvalue weighted by Gasteiger charge is 2.20. The predicted molar refractivity (Wildman–Crippen MR) is 72.3 cm³/mol. The molecule has 2 aromatic heterocycles. The van der Waals surface area contributed by atoms with Crippen molar-refractivity contribution in [3.8, 4) is 0 Å². The lowest BCUT2D eigenvalue weighted by atomic mass is 10.1. The number of likely N-dealkylation sites (tertiary alicyclic amines) is 1. The van der Waals surface area contributed by atoms with E-state index >= 15 is 0 Å².